The maximum absolute atomic E-state index is 12.5. The standard InChI is InChI=1S/C19H22N2O2/c22-13-11-17(15-6-2-1-3-7-15)20-14-19(23)21-12-10-16-8-4-5-9-18(16)21/h1-9,17,20,22H,10-14H2. The molecule has 0 bridgehead atoms. The van der Waals surface area contributed by atoms with Gasteiger partial charge in [0, 0.05) is 24.9 Å². The monoisotopic (exact) mass is 310 g/mol. The van der Waals surface area contributed by atoms with Gasteiger partial charge in [0.2, 0.25) is 5.91 Å². The first-order valence-electron chi connectivity index (χ1n) is 8.07. The Labute approximate surface area is 136 Å². The van der Waals surface area contributed by atoms with E-state index in [0.29, 0.717) is 6.42 Å². The van der Waals surface area contributed by atoms with Gasteiger partial charge in [-0.25, -0.2) is 0 Å². The summed E-state index contributed by atoms with van der Waals surface area (Å²) in [6, 6.07) is 18.0. The summed E-state index contributed by atoms with van der Waals surface area (Å²) < 4.78 is 0. The molecule has 0 fully saturated rings. The van der Waals surface area contributed by atoms with E-state index in [1.807, 2.05) is 53.4 Å². The highest BCUT2D eigenvalue weighted by Gasteiger charge is 2.24. The fourth-order valence-corrected chi connectivity index (χ4v) is 3.10. The van der Waals surface area contributed by atoms with Crippen LogP contribution in [-0.4, -0.2) is 30.7 Å². The molecule has 0 aromatic heterocycles. The Morgan fingerprint density at radius 1 is 1.13 bits per heavy atom. The van der Waals surface area contributed by atoms with E-state index in [4.69, 9.17) is 0 Å². The SMILES string of the molecule is O=C(CNC(CCO)c1ccccc1)N1CCc2ccccc21. The van der Waals surface area contributed by atoms with Crippen LogP contribution in [-0.2, 0) is 11.2 Å². The molecule has 1 heterocycles. The third kappa shape index (κ3) is 3.60. The van der Waals surface area contributed by atoms with Crippen molar-refractivity contribution in [1.29, 1.82) is 0 Å². The predicted octanol–water partition coefficient (Wildman–Crippen LogP) is 2.29. The van der Waals surface area contributed by atoms with Crippen molar-refractivity contribution >= 4 is 11.6 Å². The van der Waals surface area contributed by atoms with Crippen LogP contribution in [0.15, 0.2) is 54.6 Å². The molecular weight excluding hydrogens is 288 g/mol. The zero-order chi connectivity index (χ0) is 16.1. The number of hydrogen-bond acceptors (Lipinski definition) is 3. The molecule has 0 radical (unpaired) electrons. The molecule has 0 aliphatic carbocycles. The second-order valence-electron chi connectivity index (χ2n) is 5.78. The lowest BCUT2D eigenvalue weighted by Gasteiger charge is -2.22. The van der Waals surface area contributed by atoms with Gasteiger partial charge in [-0.2, -0.15) is 0 Å². The van der Waals surface area contributed by atoms with E-state index in [2.05, 4.69) is 11.4 Å². The summed E-state index contributed by atoms with van der Waals surface area (Å²) in [6.45, 7) is 1.11. The Morgan fingerprint density at radius 3 is 2.65 bits per heavy atom. The van der Waals surface area contributed by atoms with Crippen molar-refractivity contribution in [3.8, 4) is 0 Å². The normalized spacial score (nSPS) is 14.6. The van der Waals surface area contributed by atoms with Crippen molar-refractivity contribution in [3.63, 3.8) is 0 Å². The summed E-state index contributed by atoms with van der Waals surface area (Å²) in [6.07, 6.45) is 1.51. The molecule has 2 aromatic rings. The number of nitrogens with zero attached hydrogens (tertiary/aromatic N) is 1. The number of aliphatic hydroxyl groups is 1. The highest BCUT2D eigenvalue weighted by Crippen LogP contribution is 2.27. The molecule has 2 aromatic carbocycles. The van der Waals surface area contributed by atoms with Crippen molar-refractivity contribution in [1.82, 2.24) is 5.32 Å². The lowest BCUT2D eigenvalue weighted by atomic mass is 10.0. The van der Waals surface area contributed by atoms with Crippen LogP contribution < -0.4 is 10.2 Å². The third-order valence-corrected chi connectivity index (χ3v) is 4.31. The van der Waals surface area contributed by atoms with Crippen LogP contribution in [0.5, 0.6) is 0 Å². The lowest BCUT2D eigenvalue weighted by molar-refractivity contribution is -0.117. The molecule has 4 heteroatoms. The third-order valence-electron chi connectivity index (χ3n) is 4.31. The summed E-state index contributed by atoms with van der Waals surface area (Å²) in [4.78, 5) is 14.4. The number of fused-ring (bicyclic) bond motifs is 1. The van der Waals surface area contributed by atoms with Crippen molar-refractivity contribution in [2.45, 2.75) is 18.9 Å². The molecule has 0 spiro atoms. The van der Waals surface area contributed by atoms with E-state index in [-0.39, 0.29) is 25.1 Å². The molecule has 3 rings (SSSR count). The zero-order valence-electron chi connectivity index (χ0n) is 13.1. The number of hydrogen-bond donors (Lipinski definition) is 2. The number of nitrogens with one attached hydrogen (secondary N) is 1. The molecular formula is C19H22N2O2. The molecule has 1 unspecified atom stereocenters. The highest BCUT2D eigenvalue weighted by molar-refractivity contribution is 5.96. The molecule has 120 valence electrons. The first kappa shape index (κ1) is 15.7. The number of aliphatic hydroxyl groups excluding tert-OH is 1. The minimum absolute atomic E-state index is 0.0111. The van der Waals surface area contributed by atoms with Crippen LogP contribution in [0.4, 0.5) is 5.69 Å². The maximum atomic E-state index is 12.5. The Bertz CT molecular complexity index is 657. The molecule has 0 saturated heterocycles. The van der Waals surface area contributed by atoms with E-state index in [1.165, 1.54) is 5.56 Å². The van der Waals surface area contributed by atoms with Gasteiger partial charge in [-0.3, -0.25) is 4.79 Å². The molecule has 23 heavy (non-hydrogen) atoms. The van der Waals surface area contributed by atoms with Gasteiger partial charge in [0.1, 0.15) is 0 Å². The van der Waals surface area contributed by atoms with Gasteiger partial charge in [0.05, 0.1) is 6.54 Å². The van der Waals surface area contributed by atoms with Crippen molar-refractivity contribution in [2.75, 3.05) is 24.6 Å². The van der Waals surface area contributed by atoms with E-state index < -0.39 is 0 Å². The average Bonchev–Trinajstić information content (AvgIpc) is 3.03. The summed E-state index contributed by atoms with van der Waals surface area (Å²) in [5.41, 5.74) is 3.35. The van der Waals surface area contributed by atoms with Crippen LogP contribution >= 0.6 is 0 Å². The summed E-state index contributed by atoms with van der Waals surface area (Å²) in [7, 11) is 0. The minimum Gasteiger partial charge on any atom is -0.396 e. The Kier molecular flexibility index (Phi) is 5.05. The fraction of sp³-hybridized carbons (Fsp3) is 0.316. The topological polar surface area (TPSA) is 52.6 Å². The van der Waals surface area contributed by atoms with Gasteiger partial charge >= 0.3 is 0 Å². The van der Waals surface area contributed by atoms with Crippen LogP contribution in [0.1, 0.15) is 23.6 Å². The largest absolute Gasteiger partial charge is 0.396 e. The van der Waals surface area contributed by atoms with Crippen molar-refractivity contribution in [2.24, 2.45) is 0 Å². The number of para-hydroxylation sites is 1. The van der Waals surface area contributed by atoms with Gasteiger partial charge < -0.3 is 15.3 Å². The molecule has 2 N–H and O–H groups in total. The fourth-order valence-electron chi connectivity index (χ4n) is 3.10. The lowest BCUT2D eigenvalue weighted by Crippen LogP contribution is -2.38. The van der Waals surface area contributed by atoms with Gasteiger partial charge in [0.15, 0.2) is 0 Å². The maximum Gasteiger partial charge on any atom is 0.240 e. The molecule has 1 aliphatic rings. The van der Waals surface area contributed by atoms with Gasteiger partial charge in [-0.15, -0.1) is 0 Å². The smallest absolute Gasteiger partial charge is 0.240 e. The predicted molar refractivity (Wildman–Crippen MR) is 91.4 cm³/mol. The Morgan fingerprint density at radius 2 is 1.87 bits per heavy atom. The van der Waals surface area contributed by atoms with Gasteiger partial charge in [-0.1, -0.05) is 48.5 Å². The number of rotatable bonds is 6. The van der Waals surface area contributed by atoms with Crippen LogP contribution in [0, 0.1) is 0 Å². The molecule has 1 amide bonds. The van der Waals surface area contributed by atoms with Crippen molar-refractivity contribution in [3.05, 3.63) is 65.7 Å². The molecule has 1 atom stereocenters. The van der Waals surface area contributed by atoms with E-state index in [0.717, 1.165) is 24.2 Å². The highest BCUT2D eigenvalue weighted by atomic mass is 16.3. The average molecular weight is 310 g/mol. The summed E-state index contributed by atoms with van der Waals surface area (Å²) in [5, 5.41) is 12.6. The number of anilines is 1. The van der Waals surface area contributed by atoms with Gasteiger partial charge in [-0.05, 0) is 30.0 Å². The molecule has 4 nitrogen and oxygen atoms in total. The van der Waals surface area contributed by atoms with Crippen LogP contribution in [0.25, 0.3) is 0 Å². The summed E-state index contributed by atoms with van der Waals surface area (Å²) >= 11 is 0. The van der Waals surface area contributed by atoms with Gasteiger partial charge in [0.25, 0.3) is 0 Å². The van der Waals surface area contributed by atoms with E-state index in [1.54, 1.807) is 0 Å². The second-order valence-corrected chi connectivity index (χ2v) is 5.78. The first-order valence-corrected chi connectivity index (χ1v) is 8.07. The molecule has 1 aliphatic heterocycles. The van der Waals surface area contributed by atoms with E-state index in [9.17, 15) is 9.90 Å². The van der Waals surface area contributed by atoms with Crippen LogP contribution in [0.3, 0.4) is 0 Å². The number of amides is 1. The minimum atomic E-state index is -0.0111. The van der Waals surface area contributed by atoms with E-state index >= 15 is 0 Å². The quantitative estimate of drug-likeness (QED) is 0.861. The Hall–Kier alpha value is -2.17. The number of carbonyl (C=O) groups is 1. The number of carbonyl (C=O) groups excluding carboxylic acids is 1. The second kappa shape index (κ2) is 7.40. The zero-order valence-corrected chi connectivity index (χ0v) is 13.1. The van der Waals surface area contributed by atoms with Crippen molar-refractivity contribution < 1.29 is 9.90 Å². The first-order chi connectivity index (χ1) is 11.3. The number of benzene rings is 2. The molecule has 0 saturated carbocycles. The summed E-state index contributed by atoms with van der Waals surface area (Å²) in [5.74, 6) is 0.0776. The van der Waals surface area contributed by atoms with Crippen LogP contribution in [0.2, 0.25) is 0 Å². The Balaban J connectivity index is 1.64.